The Kier molecular flexibility index (Phi) is 5.73. The Labute approximate surface area is 136 Å². The molecule has 2 aromatic rings. The highest BCUT2D eigenvalue weighted by atomic mass is 79.9. The van der Waals surface area contributed by atoms with Gasteiger partial charge in [0.25, 0.3) is 0 Å². The first-order valence-electron chi connectivity index (χ1n) is 6.66. The number of hydrogen-bond donors (Lipinski definition) is 1. The van der Waals surface area contributed by atoms with E-state index < -0.39 is 17.7 Å². The maximum absolute atomic E-state index is 14.1. The topological polar surface area (TPSA) is 12.0 Å². The second-order valence-corrected chi connectivity index (χ2v) is 5.96. The third kappa shape index (κ3) is 3.82. The summed E-state index contributed by atoms with van der Waals surface area (Å²) in [4.78, 5) is 0. The third-order valence-electron chi connectivity index (χ3n) is 3.16. The van der Waals surface area contributed by atoms with Crippen molar-refractivity contribution in [3.05, 3.63) is 68.7 Å². The van der Waals surface area contributed by atoms with Crippen LogP contribution >= 0.6 is 27.5 Å². The molecule has 0 spiro atoms. The van der Waals surface area contributed by atoms with Crippen LogP contribution in [0.3, 0.4) is 0 Å². The molecule has 21 heavy (non-hydrogen) atoms. The molecule has 2 aromatic carbocycles. The van der Waals surface area contributed by atoms with E-state index in [1.165, 1.54) is 18.2 Å². The molecule has 0 aliphatic carbocycles. The SMILES string of the molecule is CCCNC(c1ccc(Br)c(Cl)c1)c1c(F)cccc1F. The zero-order chi connectivity index (χ0) is 15.4. The minimum atomic E-state index is -0.572. The van der Waals surface area contributed by atoms with Gasteiger partial charge in [-0.3, -0.25) is 0 Å². The van der Waals surface area contributed by atoms with Crippen LogP contribution in [0.4, 0.5) is 8.78 Å². The van der Waals surface area contributed by atoms with Crippen molar-refractivity contribution < 1.29 is 8.78 Å². The second-order valence-electron chi connectivity index (χ2n) is 4.70. The van der Waals surface area contributed by atoms with Gasteiger partial charge in [0.15, 0.2) is 0 Å². The van der Waals surface area contributed by atoms with Gasteiger partial charge in [0, 0.05) is 10.0 Å². The monoisotopic (exact) mass is 373 g/mol. The molecular weight excluding hydrogens is 360 g/mol. The van der Waals surface area contributed by atoms with Crippen LogP contribution in [0.25, 0.3) is 0 Å². The van der Waals surface area contributed by atoms with Gasteiger partial charge in [0.05, 0.1) is 11.1 Å². The molecule has 1 unspecified atom stereocenters. The van der Waals surface area contributed by atoms with Crippen molar-refractivity contribution in [1.82, 2.24) is 5.32 Å². The normalized spacial score (nSPS) is 12.4. The lowest BCUT2D eigenvalue weighted by atomic mass is 9.97. The van der Waals surface area contributed by atoms with E-state index in [2.05, 4.69) is 21.2 Å². The Morgan fingerprint density at radius 2 is 1.86 bits per heavy atom. The van der Waals surface area contributed by atoms with Crippen LogP contribution in [-0.4, -0.2) is 6.54 Å². The Hall–Kier alpha value is -0.970. The third-order valence-corrected chi connectivity index (χ3v) is 4.40. The van der Waals surface area contributed by atoms with Crippen molar-refractivity contribution in [2.24, 2.45) is 0 Å². The summed E-state index contributed by atoms with van der Waals surface area (Å²) in [5.41, 5.74) is 0.741. The van der Waals surface area contributed by atoms with Gasteiger partial charge in [-0.05, 0) is 58.7 Å². The highest BCUT2D eigenvalue weighted by molar-refractivity contribution is 9.10. The molecule has 0 saturated heterocycles. The van der Waals surface area contributed by atoms with Crippen molar-refractivity contribution in [2.75, 3.05) is 6.54 Å². The van der Waals surface area contributed by atoms with Crippen LogP contribution in [0.5, 0.6) is 0 Å². The van der Waals surface area contributed by atoms with Crippen LogP contribution in [0.1, 0.15) is 30.5 Å². The van der Waals surface area contributed by atoms with Gasteiger partial charge in [-0.15, -0.1) is 0 Å². The van der Waals surface area contributed by atoms with Gasteiger partial charge in [0.2, 0.25) is 0 Å². The Balaban J connectivity index is 2.49. The zero-order valence-electron chi connectivity index (χ0n) is 11.5. The summed E-state index contributed by atoms with van der Waals surface area (Å²) >= 11 is 9.41. The number of hydrogen-bond acceptors (Lipinski definition) is 1. The molecule has 0 radical (unpaired) electrons. The summed E-state index contributed by atoms with van der Waals surface area (Å²) in [6, 6.07) is 8.60. The molecular formula is C16H15BrClF2N. The van der Waals surface area contributed by atoms with Crippen LogP contribution in [0.15, 0.2) is 40.9 Å². The average Bonchev–Trinajstić information content (AvgIpc) is 2.45. The second kappa shape index (κ2) is 7.34. The van der Waals surface area contributed by atoms with E-state index in [1.54, 1.807) is 18.2 Å². The molecule has 0 amide bonds. The van der Waals surface area contributed by atoms with E-state index in [0.717, 1.165) is 16.5 Å². The molecule has 0 saturated carbocycles. The first-order chi connectivity index (χ1) is 10.0. The Morgan fingerprint density at radius 3 is 2.43 bits per heavy atom. The number of rotatable bonds is 5. The van der Waals surface area contributed by atoms with E-state index in [0.29, 0.717) is 11.6 Å². The van der Waals surface area contributed by atoms with Crippen molar-refractivity contribution in [1.29, 1.82) is 0 Å². The van der Waals surface area contributed by atoms with Crippen molar-refractivity contribution in [3.8, 4) is 0 Å². The molecule has 0 aliphatic heterocycles. The molecule has 1 nitrogen and oxygen atoms in total. The summed E-state index contributed by atoms with van der Waals surface area (Å²) in [7, 11) is 0. The van der Waals surface area contributed by atoms with Gasteiger partial charge in [-0.2, -0.15) is 0 Å². The maximum atomic E-state index is 14.1. The van der Waals surface area contributed by atoms with E-state index >= 15 is 0 Å². The van der Waals surface area contributed by atoms with E-state index in [4.69, 9.17) is 11.6 Å². The lowest BCUT2D eigenvalue weighted by Crippen LogP contribution is -2.25. The molecule has 112 valence electrons. The van der Waals surface area contributed by atoms with E-state index in [1.807, 2.05) is 6.92 Å². The summed E-state index contributed by atoms with van der Waals surface area (Å²) in [6.07, 6.45) is 0.858. The van der Waals surface area contributed by atoms with Crippen LogP contribution < -0.4 is 5.32 Å². The highest BCUT2D eigenvalue weighted by Crippen LogP contribution is 2.31. The van der Waals surface area contributed by atoms with Gasteiger partial charge >= 0.3 is 0 Å². The van der Waals surface area contributed by atoms with Gasteiger partial charge < -0.3 is 5.32 Å². The Morgan fingerprint density at radius 1 is 1.19 bits per heavy atom. The standard InChI is InChI=1S/C16H15BrClF2N/c1-2-8-21-16(10-6-7-11(17)12(18)9-10)15-13(19)4-3-5-14(15)20/h3-7,9,16,21H,2,8H2,1H3. The summed E-state index contributed by atoms with van der Waals surface area (Å²) < 4.78 is 28.9. The lowest BCUT2D eigenvalue weighted by molar-refractivity contribution is 0.503. The highest BCUT2D eigenvalue weighted by Gasteiger charge is 2.21. The molecule has 5 heteroatoms. The van der Waals surface area contributed by atoms with Crippen LogP contribution in [0, 0.1) is 11.6 Å². The summed E-state index contributed by atoms with van der Waals surface area (Å²) in [5, 5.41) is 3.68. The molecule has 1 atom stereocenters. The zero-order valence-corrected chi connectivity index (χ0v) is 13.8. The largest absolute Gasteiger partial charge is 0.306 e. The first-order valence-corrected chi connectivity index (χ1v) is 7.84. The summed E-state index contributed by atoms with van der Waals surface area (Å²) in [6.45, 7) is 2.64. The quantitative estimate of drug-likeness (QED) is 0.732. The maximum Gasteiger partial charge on any atom is 0.131 e. The first kappa shape index (κ1) is 16.4. The van der Waals surface area contributed by atoms with Crippen molar-refractivity contribution in [2.45, 2.75) is 19.4 Å². The van der Waals surface area contributed by atoms with Crippen molar-refractivity contribution >= 4 is 27.5 Å². The average molecular weight is 375 g/mol. The molecule has 2 rings (SSSR count). The van der Waals surface area contributed by atoms with Gasteiger partial charge in [-0.1, -0.05) is 30.7 Å². The predicted octanol–water partition coefficient (Wildman–Crippen LogP) is 5.47. The lowest BCUT2D eigenvalue weighted by Gasteiger charge is -2.21. The number of benzene rings is 2. The fourth-order valence-corrected chi connectivity index (χ4v) is 2.59. The Bertz CT molecular complexity index is 613. The molecule has 0 aromatic heterocycles. The van der Waals surface area contributed by atoms with Crippen LogP contribution in [-0.2, 0) is 0 Å². The van der Waals surface area contributed by atoms with E-state index in [9.17, 15) is 8.78 Å². The fourth-order valence-electron chi connectivity index (χ4n) is 2.15. The molecule has 0 heterocycles. The van der Waals surface area contributed by atoms with Crippen molar-refractivity contribution in [3.63, 3.8) is 0 Å². The molecule has 0 bridgehead atoms. The smallest absolute Gasteiger partial charge is 0.131 e. The van der Waals surface area contributed by atoms with E-state index in [-0.39, 0.29) is 5.56 Å². The minimum absolute atomic E-state index is 0.0179. The minimum Gasteiger partial charge on any atom is -0.306 e. The molecule has 0 fully saturated rings. The van der Waals surface area contributed by atoms with Crippen LogP contribution in [0.2, 0.25) is 5.02 Å². The van der Waals surface area contributed by atoms with Gasteiger partial charge in [0.1, 0.15) is 11.6 Å². The number of nitrogens with one attached hydrogen (secondary N) is 1. The fraction of sp³-hybridized carbons (Fsp3) is 0.250. The summed E-state index contributed by atoms with van der Waals surface area (Å²) in [5.74, 6) is -1.13. The molecule has 1 N–H and O–H groups in total. The molecule has 0 aliphatic rings. The predicted molar refractivity (Wildman–Crippen MR) is 85.6 cm³/mol. The van der Waals surface area contributed by atoms with Gasteiger partial charge in [-0.25, -0.2) is 8.78 Å². The number of halogens is 4.